The Hall–Kier alpha value is -2.80. The standard InChI is InChI=1S/C17H13ClF2N2O3/c1-21(10-12-4-5-13(19)9-15(12)20)17(23)7-3-11-2-6-14(18)16(8-11)22(24)25/h2-9H,10H2,1H3/b7-3+. The predicted molar refractivity (Wildman–Crippen MR) is 90.0 cm³/mol. The molecule has 0 heterocycles. The van der Waals surface area contributed by atoms with Crippen LogP contribution in [0, 0.1) is 21.7 Å². The fourth-order valence-electron chi connectivity index (χ4n) is 2.05. The summed E-state index contributed by atoms with van der Waals surface area (Å²) in [5.74, 6) is -1.88. The van der Waals surface area contributed by atoms with Crippen molar-refractivity contribution in [3.63, 3.8) is 0 Å². The lowest BCUT2D eigenvalue weighted by molar-refractivity contribution is -0.384. The van der Waals surface area contributed by atoms with Gasteiger partial charge < -0.3 is 4.90 Å². The Morgan fingerprint density at radius 3 is 2.64 bits per heavy atom. The van der Waals surface area contributed by atoms with E-state index in [-0.39, 0.29) is 22.8 Å². The number of hydrogen-bond acceptors (Lipinski definition) is 3. The van der Waals surface area contributed by atoms with Crippen LogP contribution in [0.3, 0.4) is 0 Å². The Morgan fingerprint density at radius 2 is 2.00 bits per heavy atom. The van der Waals surface area contributed by atoms with Gasteiger partial charge in [-0.3, -0.25) is 14.9 Å². The normalized spacial score (nSPS) is 10.9. The van der Waals surface area contributed by atoms with Gasteiger partial charge in [0.15, 0.2) is 0 Å². The van der Waals surface area contributed by atoms with Crippen LogP contribution in [0.1, 0.15) is 11.1 Å². The van der Waals surface area contributed by atoms with Gasteiger partial charge in [0.2, 0.25) is 5.91 Å². The van der Waals surface area contributed by atoms with Crippen LogP contribution in [-0.2, 0) is 11.3 Å². The molecule has 8 heteroatoms. The molecule has 0 radical (unpaired) electrons. The Balaban J connectivity index is 2.09. The van der Waals surface area contributed by atoms with E-state index in [0.29, 0.717) is 5.56 Å². The smallest absolute Gasteiger partial charge is 0.288 e. The third-order valence-corrected chi connectivity index (χ3v) is 3.70. The number of amides is 1. The van der Waals surface area contributed by atoms with E-state index < -0.39 is 22.5 Å². The molecule has 0 aliphatic carbocycles. The first-order valence-electron chi connectivity index (χ1n) is 7.09. The topological polar surface area (TPSA) is 63.5 Å². The van der Waals surface area contributed by atoms with Crippen LogP contribution in [-0.4, -0.2) is 22.8 Å². The van der Waals surface area contributed by atoms with Crippen LogP contribution in [0.2, 0.25) is 5.02 Å². The van der Waals surface area contributed by atoms with Gasteiger partial charge in [0.05, 0.1) is 4.92 Å². The van der Waals surface area contributed by atoms with Gasteiger partial charge in [0.25, 0.3) is 5.69 Å². The van der Waals surface area contributed by atoms with Crippen molar-refractivity contribution in [3.8, 4) is 0 Å². The molecular weight excluding hydrogens is 354 g/mol. The number of carbonyl (C=O) groups is 1. The lowest BCUT2D eigenvalue weighted by atomic mass is 10.1. The zero-order valence-corrected chi connectivity index (χ0v) is 13.8. The summed E-state index contributed by atoms with van der Waals surface area (Å²) in [6, 6.07) is 7.25. The average molecular weight is 367 g/mol. The number of carbonyl (C=O) groups excluding carboxylic acids is 1. The van der Waals surface area contributed by atoms with Crippen molar-refractivity contribution < 1.29 is 18.5 Å². The first-order chi connectivity index (χ1) is 11.8. The lowest BCUT2D eigenvalue weighted by Gasteiger charge is -2.15. The van der Waals surface area contributed by atoms with E-state index in [1.165, 1.54) is 48.4 Å². The monoisotopic (exact) mass is 366 g/mol. The van der Waals surface area contributed by atoms with Gasteiger partial charge in [0, 0.05) is 37.4 Å². The summed E-state index contributed by atoms with van der Waals surface area (Å²) in [5, 5.41) is 10.8. The van der Waals surface area contributed by atoms with Crippen molar-refractivity contribution in [2.45, 2.75) is 6.54 Å². The van der Waals surface area contributed by atoms with Crippen LogP contribution < -0.4 is 0 Å². The molecule has 0 N–H and O–H groups in total. The van der Waals surface area contributed by atoms with Crippen molar-refractivity contribution >= 4 is 29.3 Å². The molecule has 0 saturated carbocycles. The molecule has 0 bridgehead atoms. The minimum Gasteiger partial charge on any atom is -0.338 e. The van der Waals surface area contributed by atoms with Gasteiger partial charge in [-0.05, 0) is 23.8 Å². The Kier molecular flexibility index (Phi) is 5.82. The molecule has 2 rings (SSSR count). The van der Waals surface area contributed by atoms with E-state index in [2.05, 4.69) is 0 Å². The first kappa shape index (κ1) is 18.5. The van der Waals surface area contributed by atoms with Gasteiger partial charge in [0.1, 0.15) is 16.7 Å². The summed E-state index contributed by atoms with van der Waals surface area (Å²) >= 11 is 5.72. The summed E-state index contributed by atoms with van der Waals surface area (Å²) < 4.78 is 26.5. The number of nitro benzene ring substituents is 1. The van der Waals surface area contributed by atoms with Crippen LogP contribution in [0.25, 0.3) is 6.08 Å². The van der Waals surface area contributed by atoms with Crippen LogP contribution in [0.5, 0.6) is 0 Å². The molecule has 2 aromatic rings. The third-order valence-electron chi connectivity index (χ3n) is 3.38. The quantitative estimate of drug-likeness (QED) is 0.452. The minimum atomic E-state index is -0.739. The van der Waals surface area contributed by atoms with E-state index in [1.54, 1.807) is 0 Å². The number of nitrogens with zero attached hydrogens (tertiary/aromatic N) is 2. The molecule has 0 saturated heterocycles. The maximum Gasteiger partial charge on any atom is 0.288 e. The third kappa shape index (κ3) is 4.84. The Labute approximate surface area is 147 Å². The summed E-state index contributed by atoms with van der Waals surface area (Å²) in [6.07, 6.45) is 2.59. The zero-order chi connectivity index (χ0) is 18.6. The fraction of sp³-hybridized carbons (Fsp3) is 0.118. The summed E-state index contributed by atoms with van der Waals surface area (Å²) in [4.78, 5) is 23.5. The van der Waals surface area contributed by atoms with Crippen LogP contribution in [0.4, 0.5) is 14.5 Å². The van der Waals surface area contributed by atoms with E-state index in [9.17, 15) is 23.7 Å². The zero-order valence-electron chi connectivity index (χ0n) is 13.1. The highest BCUT2D eigenvalue weighted by atomic mass is 35.5. The highest BCUT2D eigenvalue weighted by Crippen LogP contribution is 2.25. The predicted octanol–water partition coefficient (Wildman–Crippen LogP) is 4.20. The van der Waals surface area contributed by atoms with Crippen molar-refractivity contribution in [2.24, 2.45) is 0 Å². The maximum atomic E-state index is 13.6. The second-order valence-corrected chi connectivity index (χ2v) is 5.64. The molecule has 0 aromatic heterocycles. The van der Waals surface area contributed by atoms with Crippen molar-refractivity contribution in [1.29, 1.82) is 0 Å². The molecule has 1 amide bonds. The van der Waals surface area contributed by atoms with E-state index in [4.69, 9.17) is 11.6 Å². The van der Waals surface area contributed by atoms with E-state index >= 15 is 0 Å². The number of hydrogen-bond donors (Lipinski definition) is 0. The lowest BCUT2D eigenvalue weighted by Crippen LogP contribution is -2.24. The second kappa shape index (κ2) is 7.85. The van der Waals surface area contributed by atoms with Gasteiger partial charge in [-0.15, -0.1) is 0 Å². The summed E-state index contributed by atoms with van der Waals surface area (Å²) in [6.45, 7) is -0.0456. The van der Waals surface area contributed by atoms with Crippen LogP contribution in [0.15, 0.2) is 42.5 Å². The number of rotatable bonds is 5. The molecule has 2 aromatic carbocycles. The van der Waals surface area contributed by atoms with Gasteiger partial charge in [-0.1, -0.05) is 23.7 Å². The number of benzene rings is 2. The highest BCUT2D eigenvalue weighted by Gasteiger charge is 2.13. The molecule has 130 valence electrons. The van der Waals surface area contributed by atoms with E-state index in [0.717, 1.165) is 12.1 Å². The molecule has 0 aliphatic rings. The van der Waals surface area contributed by atoms with Crippen molar-refractivity contribution in [3.05, 3.63) is 80.4 Å². The SMILES string of the molecule is CN(Cc1ccc(F)cc1F)C(=O)/C=C/c1ccc(Cl)c([N+](=O)[O-])c1. The maximum absolute atomic E-state index is 13.6. The second-order valence-electron chi connectivity index (χ2n) is 5.23. The number of halogens is 3. The minimum absolute atomic E-state index is 0.00243. The molecule has 25 heavy (non-hydrogen) atoms. The van der Waals surface area contributed by atoms with Gasteiger partial charge in [-0.25, -0.2) is 8.78 Å². The molecule has 0 unspecified atom stereocenters. The highest BCUT2D eigenvalue weighted by molar-refractivity contribution is 6.32. The molecular formula is C17H13ClF2N2O3. The molecule has 0 fully saturated rings. The van der Waals surface area contributed by atoms with Gasteiger partial charge >= 0.3 is 0 Å². The Morgan fingerprint density at radius 1 is 1.28 bits per heavy atom. The van der Waals surface area contributed by atoms with Crippen molar-refractivity contribution in [2.75, 3.05) is 7.05 Å². The van der Waals surface area contributed by atoms with Crippen LogP contribution >= 0.6 is 11.6 Å². The molecule has 0 spiro atoms. The fourth-order valence-corrected chi connectivity index (χ4v) is 2.24. The largest absolute Gasteiger partial charge is 0.338 e. The molecule has 0 aliphatic heterocycles. The Bertz CT molecular complexity index is 856. The summed E-state index contributed by atoms with van der Waals surface area (Å²) in [5.41, 5.74) is 0.330. The summed E-state index contributed by atoms with van der Waals surface area (Å²) in [7, 11) is 1.46. The van der Waals surface area contributed by atoms with Crippen molar-refractivity contribution in [1.82, 2.24) is 4.90 Å². The number of nitro groups is 1. The van der Waals surface area contributed by atoms with E-state index in [1.807, 2.05) is 0 Å². The number of likely N-dealkylation sites (N-methyl/N-ethyl adjacent to an activating group) is 1. The first-order valence-corrected chi connectivity index (χ1v) is 7.47. The molecule has 0 atom stereocenters. The molecule has 5 nitrogen and oxygen atoms in total. The average Bonchev–Trinajstić information content (AvgIpc) is 2.56. The van der Waals surface area contributed by atoms with Gasteiger partial charge in [-0.2, -0.15) is 0 Å².